The summed E-state index contributed by atoms with van der Waals surface area (Å²) >= 11 is 0. The van der Waals surface area contributed by atoms with Gasteiger partial charge in [0.15, 0.2) is 11.4 Å². The molecule has 2 aromatic heterocycles. The molecule has 1 amide bonds. The molecular weight excluding hydrogens is 338 g/mol. The number of rotatable bonds is 5. The molecule has 0 unspecified atom stereocenters. The first kappa shape index (κ1) is 17.3. The van der Waals surface area contributed by atoms with E-state index in [2.05, 4.69) is 10.3 Å². The van der Waals surface area contributed by atoms with Crippen molar-refractivity contribution in [1.82, 2.24) is 9.38 Å². The highest BCUT2D eigenvalue weighted by atomic mass is 16.5. The van der Waals surface area contributed by atoms with Crippen LogP contribution in [-0.2, 0) is 6.42 Å². The SMILES string of the molecule is CCc1nc2c(OC)cccn2c1C(=O)Nc1ccc(O)c(C(=O)O)c1. The molecule has 134 valence electrons. The number of benzene rings is 1. The summed E-state index contributed by atoms with van der Waals surface area (Å²) in [5.74, 6) is -1.56. The largest absolute Gasteiger partial charge is 0.507 e. The predicted octanol–water partition coefficient (Wildman–Crippen LogP) is 2.56. The second-order valence-corrected chi connectivity index (χ2v) is 5.52. The van der Waals surface area contributed by atoms with E-state index in [1.54, 1.807) is 22.7 Å². The average molecular weight is 355 g/mol. The van der Waals surface area contributed by atoms with Crippen LogP contribution in [0.15, 0.2) is 36.5 Å². The lowest BCUT2D eigenvalue weighted by Gasteiger charge is -2.09. The van der Waals surface area contributed by atoms with Gasteiger partial charge in [0.25, 0.3) is 5.91 Å². The molecule has 0 spiro atoms. The Kier molecular flexibility index (Phi) is 4.49. The first-order valence-electron chi connectivity index (χ1n) is 7.87. The molecule has 0 bridgehead atoms. The number of pyridine rings is 1. The Morgan fingerprint density at radius 3 is 2.73 bits per heavy atom. The molecule has 2 heterocycles. The average Bonchev–Trinajstić information content (AvgIpc) is 3.01. The number of nitrogens with zero attached hydrogens (tertiary/aromatic N) is 2. The van der Waals surface area contributed by atoms with Crippen LogP contribution in [0, 0.1) is 0 Å². The standard InChI is InChI=1S/C18H17N3O5/c1-3-12-15(21-8-4-5-14(26-2)16(21)20-12)17(23)19-10-6-7-13(22)11(9-10)18(24)25/h4-9,22H,3H2,1-2H3,(H,19,23)(H,24,25). The van der Waals surface area contributed by atoms with Crippen LogP contribution < -0.4 is 10.1 Å². The van der Waals surface area contributed by atoms with Crippen molar-refractivity contribution >= 4 is 23.2 Å². The zero-order valence-electron chi connectivity index (χ0n) is 14.2. The van der Waals surface area contributed by atoms with Gasteiger partial charge in [-0.05, 0) is 36.8 Å². The Labute approximate surface area is 148 Å². The third-order valence-corrected chi connectivity index (χ3v) is 3.94. The number of nitrogens with one attached hydrogen (secondary N) is 1. The highest BCUT2D eigenvalue weighted by Crippen LogP contribution is 2.25. The number of anilines is 1. The predicted molar refractivity (Wildman–Crippen MR) is 94.1 cm³/mol. The molecule has 0 aliphatic rings. The molecule has 0 aliphatic heterocycles. The molecule has 8 nitrogen and oxygen atoms in total. The topological polar surface area (TPSA) is 113 Å². The molecule has 0 fully saturated rings. The number of amides is 1. The summed E-state index contributed by atoms with van der Waals surface area (Å²) in [6.45, 7) is 1.88. The maximum absolute atomic E-state index is 12.8. The molecular formula is C18H17N3O5. The van der Waals surface area contributed by atoms with Gasteiger partial charge in [0.2, 0.25) is 0 Å². The van der Waals surface area contributed by atoms with Gasteiger partial charge >= 0.3 is 5.97 Å². The van der Waals surface area contributed by atoms with Crippen LogP contribution >= 0.6 is 0 Å². The van der Waals surface area contributed by atoms with Crippen LogP contribution in [0.4, 0.5) is 5.69 Å². The number of hydrogen-bond donors (Lipinski definition) is 3. The van der Waals surface area contributed by atoms with Crippen LogP contribution in [-0.4, -0.2) is 38.6 Å². The summed E-state index contributed by atoms with van der Waals surface area (Å²) in [6, 6.07) is 7.34. The number of aromatic nitrogens is 2. The number of ether oxygens (including phenoxy) is 1. The number of phenols is 1. The Hall–Kier alpha value is -3.55. The number of carbonyl (C=O) groups is 2. The Morgan fingerprint density at radius 2 is 2.08 bits per heavy atom. The molecule has 0 radical (unpaired) electrons. The number of carboxylic acids is 1. The van der Waals surface area contributed by atoms with Gasteiger partial charge in [-0.1, -0.05) is 6.92 Å². The number of aromatic hydroxyl groups is 1. The van der Waals surface area contributed by atoms with Gasteiger partial charge in [-0.3, -0.25) is 9.20 Å². The van der Waals surface area contributed by atoms with Gasteiger partial charge in [-0.25, -0.2) is 9.78 Å². The normalized spacial score (nSPS) is 10.7. The van der Waals surface area contributed by atoms with Crippen LogP contribution in [0.1, 0.15) is 33.5 Å². The van der Waals surface area contributed by atoms with Crippen LogP contribution in [0.5, 0.6) is 11.5 Å². The summed E-state index contributed by atoms with van der Waals surface area (Å²) in [5, 5.41) is 21.3. The molecule has 3 aromatic rings. The zero-order chi connectivity index (χ0) is 18.8. The third kappa shape index (κ3) is 2.92. The van der Waals surface area contributed by atoms with Crippen LogP contribution in [0.2, 0.25) is 0 Å². The highest BCUT2D eigenvalue weighted by Gasteiger charge is 2.21. The van der Waals surface area contributed by atoms with E-state index in [4.69, 9.17) is 9.84 Å². The van der Waals surface area contributed by atoms with E-state index < -0.39 is 11.9 Å². The lowest BCUT2D eigenvalue weighted by Crippen LogP contribution is -2.16. The summed E-state index contributed by atoms with van der Waals surface area (Å²) in [5.41, 5.74) is 1.41. The van der Waals surface area contributed by atoms with E-state index >= 15 is 0 Å². The van der Waals surface area contributed by atoms with Gasteiger partial charge in [0.05, 0.1) is 12.8 Å². The second-order valence-electron chi connectivity index (χ2n) is 5.52. The van der Waals surface area contributed by atoms with E-state index in [-0.39, 0.29) is 17.0 Å². The van der Waals surface area contributed by atoms with Crippen molar-refractivity contribution in [3.8, 4) is 11.5 Å². The fraction of sp³-hybridized carbons (Fsp3) is 0.167. The number of carboxylic acid groups (broad SMARTS) is 1. The van der Waals surface area contributed by atoms with Crippen molar-refractivity contribution in [3.05, 3.63) is 53.5 Å². The number of carbonyl (C=O) groups excluding carboxylic acids is 1. The smallest absolute Gasteiger partial charge is 0.339 e. The van der Waals surface area contributed by atoms with Crippen LogP contribution in [0.25, 0.3) is 5.65 Å². The van der Waals surface area contributed by atoms with Gasteiger partial charge in [-0.2, -0.15) is 0 Å². The third-order valence-electron chi connectivity index (χ3n) is 3.94. The molecule has 3 N–H and O–H groups in total. The summed E-state index contributed by atoms with van der Waals surface area (Å²) in [7, 11) is 1.53. The number of aromatic carboxylic acids is 1. The highest BCUT2D eigenvalue weighted by molar-refractivity contribution is 6.05. The van der Waals surface area contributed by atoms with E-state index in [1.807, 2.05) is 6.92 Å². The maximum Gasteiger partial charge on any atom is 0.339 e. The number of aryl methyl sites for hydroxylation is 1. The van der Waals surface area contributed by atoms with Crippen molar-refractivity contribution in [1.29, 1.82) is 0 Å². The first-order chi connectivity index (χ1) is 12.5. The molecule has 8 heteroatoms. The lowest BCUT2D eigenvalue weighted by molar-refractivity contribution is 0.0693. The Bertz CT molecular complexity index is 1010. The molecule has 26 heavy (non-hydrogen) atoms. The minimum Gasteiger partial charge on any atom is -0.507 e. The van der Waals surface area contributed by atoms with Gasteiger partial charge < -0.3 is 20.3 Å². The van der Waals surface area contributed by atoms with Crippen molar-refractivity contribution in [2.24, 2.45) is 0 Å². The van der Waals surface area contributed by atoms with Crippen molar-refractivity contribution in [2.75, 3.05) is 12.4 Å². The van der Waals surface area contributed by atoms with E-state index in [9.17, 15) is 14.7 Å². The minimum absolute atomic E-state index is 0.255. The van der Waals surface area contributed by atoms with Crippen LogP contribution in [0.3, 0.4) is 0 Å². The number of methoxy groups -OCH3 is 1. The maximum atomic E-state index is 12.8. The number of fused-ring (bicyclic) bond motifs is 1. The fourth-order valence-corrected chi connectivity index (χ4v) is 2.71. The molecule has 0 atom stereocenters. The van der Waals surface area contributed by atoms with Crippen molar-refractivity contribution in [2.45, 2.75) is 13.3 Å². The first-order valence-corrected chi connectivity index (χ1v) is 7.87. The minimum atomic E-state index is -1.28. The fourth-order valence-electron chi connectivity index (χ4n) is 2.71. The second kappa shape index (κ2) is 6.75. The van der Waals surface area contributed by atoms with E-state index in [1.165, 1.54) is 25.3 Å². The van der Waals surface area contributed by atoms with Crippen molar-refractivity contribution < 1.29 is 24.5 Å². The summed E-state index contributed by atoms with van der Waals surface area (Å²) < 4.78 is 6.92. The van der Waals surface area contributed by atoms with Gasteiger partial charge in [0, 0.05) is 11.9 Å². The van der Waals surface area contributed by atoms with Gasteiger partial charge in [0.1, 0.15) is 17.0 Å². The Balaban J connectivity index is 2.03. The molecule has 0 saturated carbocycles. The monoisotopic (exact) mass is 355 g/mol. The number of hydrogen-bond acceptors (Lipinski definition) is 5. The molecule has 0 aliphatic carbocycles. The molecule has 0 saturated heterocycles. The zero-order valence-corrected chi connectivity index (χ0v) is 14.2. The molecule has 3 rings (SSSR count). The quantitative estimate of drug-likeness (QED) is 0.606. The van der Waals surface area contributed by atoms with E-state index in [0.29, 0.717) is 29.2 Å². The number of imidazole rings is 1. The summed E-state index contributed by atoms with van der Waals surface area (Å²) in [6.07, 6.45) is 2.24. The van der Waals surface area contributed by atoms with E-state index in [0.717, 1.165) is 0 Å². The molecule has 1 aromatic carbocycles. The van der Waals surface area contributed by atoms with Crippen molar-refractivity contribution in [3.63, 3.8) is 0 Å². The Morgan fingerprint density at radius 1 is 1.31 bits per heavy atom. The van der Waals surface area contributed by atoms with Gasteiger partial charge in [-0.15, -0.1) is 0 Å². The summed E-state index contributed by atoms with van der Waals surface area (Å²) in [4.78, 5) is 28.4. The lowest BCUT2D eigenvalue weighted by atomic mass is 10.1.